The third kappa shape index (κ3) is 5.46. The topological polar surface area (TPSA) is 128 Å². The predicted octanol–water partition coefficient (Wildman–Crippen LogP) is 6.39. The minimum atomic E-state index is -1.39. The Morgan fingerprint density at radius 1 is 1.16 bits per heavy atom. The van der Waals surface area contributed by atoms with Gasteiger partial charge in [0.25, 0.3) is 0 Å². The molecule has 3 amide bonds. The van der Waals surface area contributed by atoms with E-state index in [4.69, 9.17) is 16.3 Å². The van der Waals surface area contributed by atoms with Gasteiger partial charge in [-0.15, -0.1) is 0 Å². The lowest BCUT2D eigenvalue weighted by Gasteiger charge is -2.45. The largest absolute Gasteiger partial charge is 0.465 e. The smallest absolute Gasteiger partial charge is 0.412 e. The van der Waals surface area contributed by atoms with Gasteiger partial charge in [-0.1, -0.05) is 41.9 Å². The van der Waals surface area contributed by atoms with Crippen molar-refractivity contribution in [2.75, 3.05) is 30.4 Å². The lowest BCUT2D eigenvalue weighted by atomic mass is 9.82. The van der Waals surface area contributed by atoms with Crippen LogP contribution >= 0.6 is 11.6 Å². The molecule has 0 saturated carbocycles. The normalized spacial score (nSPS) is 18.2. The summed E-state index contributed by atoms with van der Waals surface area (Å²) in [6.45, 7) is 0.363. The molecule has 10 nitrogen and oxygen atoms in total. The fourth-order valence-electron chi connectivity index (χ4n) is 5.97. The fraction of sp³-hybridized carbons (Fsp3) is 0.250. The molecule has 3 aromatic carbocycles. The van der Waals surface area contributed by atoms with Crippen molar-refractivity contribution in [3.63, 3.8) is 0 Å². The molecule has 1 unspecified atom stereocenters. The molecule has 6 rings (SSSR count). The molecule has 0 radical (unpaired) electrons. The molecule has 1 fully saturated rings. The number of fused-ring (bicyclic) bond motifs is 2. The third-order valence-electron chi connectivity index (χ3n) is 8.21. The van der Waals surface area contributed by atoms with Crippen LogP contribution in [-0.2, 0) is 21.6 Å². The quantitative estimate of drug-likeness (QED) is 0.230. The zero-order valence-electron chi connectivity index (χ0n) is 23.7. The monoisotopic (exact) mass is 617 g/mol. The van der Waals surface area contributed by atoms with Crippen LogP contribution in [0.3, 0.4) is 0 Å². The van der Waals surface area contributed by atoms with Crippen molar-refractivity contribution in [2.24, 2.45) is 0 Å². The number of anilines is 2. The lowest BCUT2D eigenvalue weighted by Crippen LogP contribution is -2.54. The Labute approximate surface area is 257 Å². The van der Waals surface area contributed by atoms with Crippen molar-refractivity contribution in [1.29, 1.82) is 0 Å². The summed E-state index contributed by atoms with van der Waals surface area (Å²) in [6, 6.07) is 19.4. The molecule has 0 aliphatic carbocycles. The zero-order valence-corrected chi connectivity index (χ0v) is 24.5. The number of hydrogen-bond donors (Lipinski definition) is 3. The van der Waals surface area contributed by atoms with Crippen molar-refractivity contribution in [3.05, 3.63) is 101 Å². The summed E-state index contributed by atoms with van der Waals surface area (Å²) in [5.74, 6) is -1.06. The summed E-state index contributed by atoms with van der Waals surface area (Å²) in [5, 5.41) is 11.7. The maximum Gasteiger partial charge on any atom is 0.412 e. The Morgan fingerprint density at radius 3 is 2.64 bits per heavy atom. The van der Waals surface area contributed by atoms with E-state index in [1.807, 2.05) is 30.3 Å². The van der Waals surface area contributed by atoms with Gasteiger partial charge in [0, 0.05) is 36.7 Å². The van der Waals surface area contributed by atoms with Crippen LogP contribution < -0.4 is 10.2 Å². The Bertz CT molecular complexity index is 1730. The molecule has 2 aliphatic rings. The van der Waals surface area contributed by atoms with Gasteiger partial charge in [0.05, 0.1) is 28.7 Å². The molecule has 1 spiro atoms. The number of halogens is 2. The summed E-state index contributed by atoms with van der Waals surface area (Å²) in [4.78, 5) is 48.8. The van der Waals surface area contributed by atoms with Crippen LogP contribution in [0.15, 0.2) is 72.9 Å². The number of nitrogens with zero attached hydrogens (tertiary/aromatic N) is 3. The van der Waals surface area contributed by atoms with Crippen LogP contribution in [0.2, 0.25) is 5.02 Å². The highest BCUT2D eigenvalue weighted by Crippen LogP contribution is 2.45. The van der Waals surface area contributed by atoms with Crippen LogP contribution in [0, 0.1) is 5.82 Å². The summed E-state index contributed by atoms with van der Waals surface area (Å²) in [7, 11) is 1.46. The molecule has 1 saturated heterocycles. The first-order valence-electron chi connectivity index (χ1n) is 14.1. The van der Waals surface area contributed by atoms with E-state index in [9.17, 15) is 19.5 Å². The van der Waals surface area contributed by atoms with Crippen molar-refractivity contribution in [3.8, 4) is 11.4 Å². The highest BCUT2D eigenvalue weighted by molar-refractivity contribution is 6.31. The van der Waals surface area contributed by atoms with Gasteiger partial charge in [-0.3, -0.25) is 15.0 Å². The molecule has 44 heavy (non-hydrogen) atoms. The third-order valence-corrected chi connectivity index (χ3v) is 8.50. The molecule has 2 atom stereocenters. The second-order valence-electron chi connectivity index (χ2n) is 11.0. The SMILES string of the molecule is CN(C(=O)O)c1ccc(-c2ncc(C(Cc3ccccc3)C(=O)N3CCC[C@@]4(C3)OC(=O)Nc3ccc(Cl)c(F)c34)[nH]2)cc1. The molecule has 3 N–H and O–H groups in total. The number of hydrogen-bond acceptors (Lipinski definition) is 5. The van der Waals surface area contributed by atoms with Crippen LogP contribution in [0.4, 0.5) is 25.4 Å². The van der Waals surface area contributed by atoms with Crippen molar-refractivity contribution in [2.45, 2.75) is 30.8 Å². The Balaban J connectivity index is 1.32. The number of ether oxygens (including phenoxy) is 1. The number of benzene rings is 3. The van der Waals surface area contributed by atoms with Gasteiger partial charge in [0.2, 0.25) is 5.91 Å². The summed E-state index contributed by atoms with van der Waals surface area (Å²) in [5.41, 5.74) is 1.76. The number of carboxylic acid groups (broad SMARTS) is 1. The van der Waals surface area contributed by atoms with E-state index in [1.54, 1.807) is 41.4 Å². The molecule has 12 heteroatoms. The molecular weight excluding hydrogens is 589 g/mol. The highest BCUT2D eigenvalue weighted by Gasteiger charge is 2.49. The highest BCUT2D eigenvalue weighted by atomic mass is 35.5. The molecule has 2 aliphatic heterocycles. The number of rotatable bonds is 6. The minimum absolute atomic E-state index is 0.0334. The number of imidazole rings is 1. The van der Waals surface area contributed by atoms with Gasteiger partial charge in [-0.05, 0) is 61.2 Å². The number of nitrogens with one attached hydrogen (secondary N) is 2. The fourth-order valence-corrected chi connectivity index (χ4v) is 6.13. The molecule has 226 valence electrons. The van der Waals surface area contributed by atoms with Crippen molar-refractivity contribution < 1.29 is 28.6 Å². The number of aromatic amines is 1. The van der Waals surface area contributed by atoms with Gasteiger partial charge in [0.1, 0.15) is 5.82 Å². The Morgan fingerprint density at radius 2 is 1.91 bits per heavy atom. The number of carbonyl (C=O) groups excluding carboxylic acids is 2. The van der Waals surface area contributed by atoms with E-state index in [-0.39, 0.29) is 28.7 Å². The molecule has 3 heterocycles. The van der Waals surface area contributed by atoms with E-state index in [0.717, 1.165) is 10.5 Å². The van der Waals surface area contributed by atoms with Gasteiger partial charge in [-0.2, -0.15) is 0 Å². The van der Waals surface area contributed by atoms with Crippen LogP contribution in [0.25, 0.3) is 11.4 Å². The van der Waals surface area contributed by atoms with E-state index in [1.165, 1.54) is 13.1 Å². The average Bonchev–Trinajstić information content (AvgIpc) is 3.51. The molecule has 0 bridgehead atoms. The van der Waals surface area contributed by atoms with E-state index in [0.29, 0.717) is 48.6 Å². The lowest BCUT2D eigenvalue weighted by molar-refractivity contribution is -0.141. The van der Waals surface area contributed by atoms with Crippen LogP contribution in [0.5, 0.6) is 0 Å². The van der Waals surface area contributed by atoms with Crippen LogP contribution in [-0.4, -0.2) is 58.2 Å². The van der Waals surface area contributed by atoms with Gasteiger partial charge in [0.15, 0.2) is 11.4 Å². The van der Waals surface area contributed by atoms with Gasteiger partial charge < -0.3 is 19.7 Å². The van der Waals surface area contributed by atoms with E-state index < -0.39 is 29.5 Å². The first-order chi connectivity index (χ1) is 21.1. The average molecular weight is 618 g/mol. The molecular formula is C32H29ClFN5O5. The number of piperidine rings is 1. The molecule has 1 aromatic heterocycles. The first kappa shape index (κ1) is 29.2. The van der Waals surface area contributed by atoms with Crippen molar-refractivity contribution >= 4 is 41.1 Å². The minimum Gasteiger partial charge on any atom is -0.465 e. The predicted molar refractivity (Wildman–Crippen MR) is 162 cm³/mol. The summed E-state index contributed by atoms with van der Waals surface area (Å²) >= 11 is 6.13. The van der Waals surface area contributed by atoms with Gasteiger partial charge in [-0.25, -0.2) is 19.0 Å². The number of amides is 3. The van der Waals surface area contributed by atoms with Crippen LogP contribution in [0.1, 0.15) is 35.6 Å². The van der Waals surface area contributed by atoms with Gasteiger partial charge >= 0.3 is 12.2 Å². The maximum absolute atomic E-state index is 15.4. The van der Waals surface area contributed by atoms with E-state index in [2.05, 4.69) is 15.3 Å². The number of aromatic nitrogens is 2. The number of carbonyl (C=O) groups is 3. The summed E-state index contributed by atoms with van der Waals surface area (Å²) < 4.78 is 21.2. The second-order valence-corrected chi connectivity index (χ2v) is 11.4. The maximum atomic E-state index is 15.4. The standard InChI is InChI=1S/C32H29ClFN5O5/c1-38(31(42)43)21-10-8-20(9-11-21)28-35-17-25(36-28)22(16-19-6-3-2-4-7-19)29(40)39-15-5-14-32(18-39)26-24(37-30(41)44-32)13-12-23(33)27(26)34/h2-4,6-13,17,22H,5,14-16,18H2,1H3,(H,35,36)(H,37,41)(H,42,43)/t22?,32-/m0/s1. The molecule has 4 aromatic rings. The zero-order chi connectivity index (χ0) is 31.0. The van der Waals surface area contributed by atoms with Crippen molar-refractivity contribution in [1.82, 2.24) is 14.9 Å². The summed E-state index contributed by atoms with van der Waals surface area (Å²) in [6.07, 6.45) is 1.01. The Kier molecular flexibility index (Phi) is 7.73. The Hall–Kier alpha value is -4.90. The van der Waals surface area contributed by atoms with E-state index >= 15 is 4.39 Å². The second kappa shape index (κ2) is 11.6. The number of likely N-dealkylation sites (tertiary alicyclic amines) is 1. The number of H-pyrrole nitrogens is 1. The first-order valence-corrected chi connectivity index (χ1v) is 14.5.